The summed E-state index contributed by atoms with van der Waals surface area (Å²) in [5.41, 5.74) is 5.35. The third-order valence-electron chi connectivity index (χ3n) is 9.47. The van der Waals surface area contributed by atoms with Gasteiger partial charge in [0, 0.05) is 18.0 Å². The van der Waals surface area contributed by atoms with E-state index in [1.54, 1.807) is 20.2 Å². The molecule has 1 amide bonds. The number of likely N-dealkylation sites (N-methyl/N-ethyl adjacent to an activating group) is 1. The Bertz CT molecular complexity index is 1570. The summed E-state index contributed by atoms with van der Waals surface area (Å²) in [7, 11) is 3.16. The summed E-state index contributed by atoms with van der Waals surface area (Å²) < 4.78 is 0. The Labute approximate surface area is 243 Å². The molecule has 2 aromatic rings. The predicted octanol–water partition coefficient (Wildman–Crippen LogP) is 2.23. The Hall–Kier alpha value is -3.99. The Morgan fingerprint density at radius 2 is 1.71 bits per heavy atom. The molecular weight excluding hydrogens is 538 g/mol. The normalized spacial score (nSPS) is 27.8. The van der Waals surface area contributed by atoms with Crippen molar-refractivity contribution < 1.29 is 34.8 Å². The molecule has 4 aliphatic rings. The van der Waals surface area contributed by atoms with Gasteiger partial charge in [-0.15, -0.1) is 0 Å². The number of aliphatic hydroxyl groups excluding tert-OH is 2. The molecule has 6 N–H and O–H groups in total. The SMILES string of the molecule is CN(C)C1C(=O)C(C(N)=O)=C(O)[C@]2(O)C(=O)C3=C(O)c4c(O)ccc(-c5ccc(CN6CCCC6)cc5)c4C[C@@H]3C[C@H]12. The van der Waals surface area contributed by atoms with E-state index in [0.717, 1.165) is 30.8 Å². The molecule has 1 aliphatic heterocycles. The fraction of sp³-hybridized carbons (Fsp3) is 0.406. The Morgan fingerprint density at radius 1 is 1.05 bits per heavy atom. The van der Waals surface area contributed by atoms with E-state index in [4.69, 9.17) is 5.73 Å². The highest BCUT2D eigenvalue weighted by atomic mass is 16.3. The lowest BCUT2D eigenvalue weighted by Gasteiger charge is -2.50. The highest BCUT2D eigenvalue weighted by Crippen LogP contribution is 2.53. The molecule has 0 bridgehead atoms. The number of hydrogen-bond acceptors (Lipinski definition) is 9. The summed E-state index contributed by atoms with van der Waals surface area (Å²) in [6.45, 7) is 3.06. The van der Waals surface area contributed by atoms with Crippen LogP contribution in [0.5, 0.6) is 5.75 Å². The molecule has 1 heterocycles. The first-order chi connectivity index (χ1) is 19.9. The number of nitrogens with zero attached hydrogens (tertiary/aromatic N) is 2. The Kier molecular flexibility index (Phi) is 6.75. The zero-order valence-electron chi connectivity index (χ0n) is 23.6. The number of amides is 1. The van der Waals surface area contributed by atoms with E-state index in [2.05, 4.69) is 17.0 Å². The largest absolute Gasteiger partial charge is 0.508 e. The molecule has 6 rings (SSSR count). The number of phenolic OH excluding ortho intramolecular Hbond substituents is 1. The van der Waals surface area contributed by atoms with Gasteiger partial charge in [0.05, 0.1) is 11.6 Å². The number of ketones is 2. The van der Waals surface area contributed by atoms with Gasteiger partial charge in [-0.25, -0.2) is 0 Å². The quantitative estimate of drug-likeness (QED) is 0.337. The van der Waals surface area contributed by atoms with E-state index in [1.807, 2.05) is 12.1 Å². The standard InChI is InChI=1S/C32H35N3O7/c1-34(2)26-21-14-18-13-20-19(17-7-5-16(6-8-17)15-35-11-3-4-12-35)9-10-22(36)24(20)27(37)23(18)29(39)32(21,42)30(40)25(28(26)38)31(33)41/h5-10,18,21,26,36-37,40,42H,3-4,11-15H2,1-2H3,(H2,33,41)/t18-,21-,26?,32-/m1/s1. The molecular formula is C32H35N3O7. The first kappa shape index (κ1) is 28.1. The van der Waals surface area contributed by atoms with Gasteiger partial charge in [-0.1, -0.05) is 30.3 Å². The van der Waals surface area contributed by atoms with Crippen LogP contribution in [0.4, 0.5) is 0 Å². The molecule has 0 radical (unpaired) electrons. The maximum Gasteiger partial charge on any atom is 0.255 e. The van der Waals surface area contributed by atoms with Crippen LogP contribution in [0, 0.1) is 11.8 Å². The van der Waals surface area contributed by atoms with Gasteiger partial charge in [0.2, 0.25) is 5.78 Å². The van der Waals surface area contributed by atoms with Crippen molar-refractivity contribution >= 4 is 23.2 Å². The van der Waals surface area contributed by atoms with Crippen molar-refractivity contribution in [3.63, 3.8) is 0 Å². The van der Waals surface area contributed by atoms with Crippen LogP contribution in [0.1, 0.15) is 36.0 Å². The van der Waals surface area contributed by atoms with Crippen LogP contribution in [0.2, 0.25) is 0 Å². The number of fused-ring (bicyclic) bond motifs is 3. The molecule has 1 unspecified atom stereocenters. The minimum absolute atomic E-state index is 0.0512. The highest BCUT2D eigenvalue weighted by Gasteiger charge is 2.64. The smallest absolute Gasteiger partial charge is 0.255 e. The van der Waals surface area contributed by atoms with Crippen LogP contribution in [-0.4, -0.2) is 86.5 Å². The number of phenols is 1. The molecule has 1 saturated carbocycles. The molecule has 10 nitrogen and oxygen atoms in total. The average Bonchev–Trinajstić information content (AvgIpc) is 3.44. The predicted molar refractivity (Wildman–Crippen MR) is 154 cm³/mol. The van der Waals surface area contributed by atoms with Crippen molar-refractivity contribution in [3.8, 4) is 16.9 Å². The zero-order valence-corrected chi connectivity index (χ0v) is 23.6. The van der Waals surface area contributed by atoms with Gasteiger partial charge < -0.3 is 26.2 Å². The fourth-order valence-electron chi connectivity index (χ4n) is 7.50. The van der Waals surface area contributed by atoms with Crippen molar-refractivity contribution in [1.82, 2.24) is 9.80 Å². The number of Topliss-reactive ketones (excluding diaryl/α,β-unsaturated/α-hetero) is 2. The van der Waals surface area contributed by atoms with Gasteiger partial charge in [0.1, 0.15) is 22.8 Å². The topological polar surface area (TPSA) is 165 Å². The average molecular weight is 574 g/mol. The molecule has 4 atom stereocenters. The monoisotopic (exact) mass is 573 g/mol. The van der Waals surface area contributed by atoms with Crippen LogP contribution in [0.15, 0.2) is 53.3 Å². The third-order valence-corrected chi connectivity index (χ3v) is 9.47. The van der Waals surface area contributed by atoms with Crippen molar-refractivity contribution in [2.45, 2.75) is 43.9 Å². The second kappa shape index (κ2) is 10.1. The number of primary amides is 1. The molecule has 2 fully saturated rings. The minimum atomic E-state index is -2.65. The second-order valence-electron chi connectivity index (χ2n) is 12.1. The zero-order chi connectivity index (χ0) is 30.1. The number of aromatic hydroxyl groups is 1. The maximum atomic E-state index is 14.0. The molecule has 3 aliphatic carbocycles. The van der Waals surface area contributed by atoms with Gasteiger partial charge in [-0.3, -0.25) is 24.2 Å². The van der Waals surface area contributed by atoms with Crippen molar-refractivity contribution in [2.75, 3.05) is 27.2 Å². The first-order valence-corrected chi connectivity index (χ1v) is 14.3. The van der Waals surface area contributed by atoms with E-state index in [0.29, 0.717) is 5.56 Å². The highest BCUT2D eigenvalue weighted by molar-refractivity contribution is 6.24. The van der Waals surface area contributed by atoms with Crippen LogP contribution >= 0.6 is 0 Å². The van der Waals surface area contributed by atoms with Crippen LogP contribution in [0.25, 0.3) is 16.9 Å². The van der Waals surface area contributed by atoms with Gasteiger partial charge in [-0.05, 0) is 87.1 Å². The summed E-state index contributed by atoms with van der Waals surface area (Å²) >= 11 is 0. The number of hydrogen-bond donors (Lipinski definition) is 5. The van der Waals surface area contributed by atoms with Crippen LogP contribution in [-0.2, 0) is 27.3 Å². The summed E-state index contributed by atoms with van der Waals surface area (Å²) in [6.07, 6.45) is 2.72. The minimum Gasteiger partial charge on any atom is -0.508 e. The van der Waals surface area contributed by atoms with E-state index in [9.17, 15) is 34.8 Å². The number of benzene rings is 2. The third kappa shape index (κ3) is 4.08. The maximum absolute atomic E-state index is 14.0. The van der Waals surface area contributed by atoms with Crippen molar-refractivity contribution in [1.29, 1.82) is 0 Å². The lowest BCUT2D eigenvalue weighted by molar-refractivity contribution is -0.153. The number of likely N-dealkylation sites (tertiary alicyclic amines) is 1. The van der Waals surface area contributed by atoms with Crippen LogP contribution in [0.3, 0.4) is 0 Å². The summed E-state index contributed by atoms with van der Waals surface area (Å²) in [4.78, 5) is 43.3. The Morgan fingerprint density at radius 3 is 2.33 bits per heavy atom. The van der Waals surface area contributed by atoms with Crippen molar-refractivity contribution in [2.24, 2.45) is 17.6 Å². The van der Waals surface area contributed by atoms with Gasteiger partial charge >= 0.3 is 0 Å². The van der Waals surface area contributed by atoms with E-state index in [1.165, 1.54) is 29.4 Å². The molecule has 220 valence electrons. The number of rotatable bonds is 5. The van der Waals surface area contributed by atoms with E-state index >= 15 is 0 Å². The van der Waals surface area contributed by atoms with E-state index < -0.39 is 58.0 Å². The Balaban J connectivity index is 1.45. The second-order valence-corrected chi connectivity index (χ2v) is 12.1. The fourth-order valence-corrected chi connectivity index (χ4v) is 7.50. The molecule has 42 heavy (non-hydrogen) atoms. The lowest BCUT2D eigenvalue weighted by atomic mass is 9.57. The molecule has 1 saturated heterocycles. The lowest BCUT2D eigenvalue weighted by Crippen LogP contribution is -2.65. The number of aliphatic hydroxyl groups is 3. The molecule has 0 aromatic heterocycles. The van der Waals surface area contributed by atoms with E-state index in [-0.39, 0.29) is 29.7 Å². The molecule has 10 heteroatoms. The summed E-state index contributed by atoms with van der Waals surface area (Å²) in [5.74, 6) is -6.59. The summed E-state index contributed by atoms with van der Waals surface area (Å²) in [5, 5.41) is 45.1. The van der Waals surface area contributed by atoms with Gasteiger partial charge in [0.15, 0.2) is 11.4 Å². The first-order valence-electron chi connectivity index (χ1n) is 14.3. The van der Waals surface area contributed by atoms with Gasteiger partial charge in [-0.2, -0.15) is 0 Å². The number of nitrogens with two attached hydrogens (primary N) is 1. The molecule has 0 spiro atoms. The molecule has 2 aromatic carbocycles. The van der Waals surface area contributed by atoms with Crippen LogP contribution < -0.4 is 5.73 Å². The van der Waals surface area contributed by atoms with Gasteiger partial charge in [0.25, 0.3) is 5.91 Å². The summed E-state index contributed by atoms with van der Waals surface area (Å²) in [6, 6.07) is 10.3. The van der Waals surface area contributed by atoms with Crippen molar-refractivity contribution in [3.05, 3.63) is 70.0 Å². The number of carbonyl (C=O) groups excluding carboxylic acids is 3. The number of carbonyl (C=O) groups is 3.